The van der Waals surface area contributed by atoms with Crippen molar-refractivity contribution in [2.45, 2.75) is 19.5 Å². The zero-order valence-electron chi connectivity index (χ0n) is 8.97. The van der Waals surface area contributed by atoms with Crippen LogP contribution >= 0.6 is 15.9 Å². The van der Waals surface area contributed by atoms with E-state index in [0.717, 1.165) is 6.07 Å². The fraction of sp³-hybridized carbons (Fsp3) is 0.364. The first-order valence-electron chi connectivity index (χ1n) is 4.86. The number of ether oxygens (including phenoxy) is 1. The largest absolute Gasteiger partial charge is 0.466 e. The first kappa shape index (κ1) is 14.0. The number of carbonyl (C=O) groups excluding carboxylic acids is 1. The zero-order chi connectivity index (χ0) is 13.1. The van der Waals surface area contributed by atoms with Crippen LogP contribution in [0.5, 0.6) is 0 Å². The summed E-state index contributed by atoms with van der Waals surface area (Å²) in [4.78, 5) is 11.1. The van der Waals surface area contributed by atoms with E-state index >= 15 is 0 Å². The molecule has 0 aliphatic carbocycles. The molecule has 1 rings (SSSR count). The Bertz CT molecular complexity index is 416. The van der Waals surface area contributed by atoms with Crippen molar-refractivity contribution in [1.82, 2.24) is 0 Å². The Kier molecular flexibility index (Phi) is 4.56. The Morgan fingerprint density at radius 1 is 1.41 bits per heavy atom. The minimum Gasteiger partial charge on any atom is -0.466 e. The van der Waals surface area contributed by atoms with Crippen molar-refractivity contribution in [1.29, 1.82) is 0 Å². The highest BCUT2D eigenvalue weighted by molar-refractivity contribution is 9.10. The topological polar surface area (TPSA) is 26.3 Å². The number of hydrogen-bond acceptors (Lipinski definition) is 2. The Morgan fingerprint density at radius 2 is 2.06 bits per heavy atom. The summed E-state index contributed by atoms with van der Waals surface area (Å²) in [6.07, 6.45) is -4.60. The van der Waals surface area contributed by atoms with Gasteiger partial charge in [0.2, 0.25) is 0 Å². The second-order valence-corrected chi connectivity index (χ2v) is 4.15. The van der Waals surface area contributed by atoms with Crippen molar-refractivity contribution in [2.24, 2.45) is 0 Å². The van der Waals surface area contributed by atoms with Crippen LogP contribution in [0.25, 0.3) is 0 Å². The molecule has 0 saturated heterocycles. The van der Waals surface area contributed by atoms with E-state index in [4.69, 9.17) is 0 Å². The van der Waals surface area contributed by atoms with Gasteiger partial charge in [0.15, 0.2) is 0 Å². The molecule has 0 aromatic heterocycles. The van der Waals surface area contributed by atoms with Gasteiger partial charge < -0.3 is 4.74 Å². The summed E-state index contributed by atoms with van der Waals surface area (Å²) < 4.78 is 42.3. The lowest BCUT2D eigenvalue weighted by Crippen LogP contribution is -2.10. The van der Waals surface area contributed by atoms with Gasteiger partial charge in [-0.05, 0) is 24.6 Å². The van der Waals surface area contributed by atoms with Crippen LogP contribution in [0, 0.1) is 0 Å². The molecule has 0 fully saturated rings. The van der Waals surface area contributed by atoms with Crippen LogP contribution in [-0.2, 0) is 22.1 Å². The van der Waals surface area contributed by atoms with Gasteiger partial charge >= 0.3 is 12.1 Å². The fourth-order valence-electron chi connectivity index (χ4n) is 1.28. The van der Waals surface area contributed by atoms with Crippen LogP contribution in [0.15, 0.2) is 22.7 Å². The van der Waals surface area contributed by atoms with Crippen LogP contribution in [0.4, 0.5) is 13.2 Å². The minimum absolute atomic E-state index is 0.0439. The number of benzene rings is 1. The van der Waals surface area contributed by atoms with E-state index < -0.39 is 17.7 Å². The van der Waals surface area contributed by atoms with E-state index in [9.17, 15) is 18.0 Å². The number of hydrogen-bond donors (Lipinski definition) is 0. The van der Waals surface area contributed by atoms with Gasteiger partial charge in [0.25, 0.3) is 0 Å². The van der Waals surface area contributed by atoms with E-state index in [1.807, 2.05) is 0 Å². The summed E-state index contributed by atoms with van der Waals surface area (Å²) in [5.74, 6) is -0.539. The summed E-state index contributed by atoms with van der Waals surface area (Å²) in [5.41, 5.74) is -0.515. The van der Waals surface area contributed by atoms with E-state index in [1.54, 1.807) is 6.92 Å². The van der Waals surface area contributed by atoms with Crippen molar-refractivity contribution in [3.05, 3.63) is 33.8 Å². The number of halogens is 4. The third-order valence-electron chi connectivity index (χ3n) is 1.99. The molecule has 0 unspecified atom stereocenters. The molecular weight excluding hydrogens is 301 g/mol. The number of carbonyl (C=O) groups is 1. The van der Waals surface area contributed by atoms with E-state index in [0.29, 0.717) is 0 Å². The van der Waals surface area contributed by atoms with Crippen LogP contribution in [0.2, 0.25) is 0 Å². The second kappa shape index (κ2) is 5.53. The van der Waals surface area contributed by atoms with Gasteiger partial charge in [-0.2, -0.15) is 13.2 Å². The lowest BCUT2D eigenvalue weighted by atomic mass is 10.1. The molecule has 0 amide bonds. The summed E-state index contributed by atoms with van der Waals surface area (Å²) in [7, 11) is 0. The summed E-state index contributed by atoms with van der Waals surface area (Å²) >= 11 is 2.83. The van der Waals surface area contributed by atoms with E-state index in [1.165, 1.54) is 12.1 Å². The summed E-state index contributed by atoms with van der Waals surface area (Å²) in [6.45, 7) is 1.85. The fourth-order valence-corrected chi connectivity index (χ4v) is 1.75. The monoisotopic (exact) mass is 310 g/mol. The average Bonchev–Trinajstić information content (AvgIpc) is 2.19. The highest BCUT2D eigenvalue weighted by Gasteiger charge is 2.33. The molecule has 0 bridgehead atoms. The average molecular weight is 311 g/mol. The normalized spacial score (nSPS) is 11.4. The molecule has 2 nitrogen and oxygen atoms in total. The highest BCUT2D eigenvalue weighted by atomic mass is 79.9. The maximum atomic E-state index is 12.6. The quantitative estimate of drug-likeness (QED) is 0.798. The molecule has 0 N–H and O–H groups in total. The highest BCUT2D eigenvalue weighted by Crippen LogP contribution is 2.35. The summed E-state index contributed by atoms with van der Waals surface area (Å²) in [5, 5.41) is 0. The molecule has 0 atom stereocenters. The van der Waals surface area contributed by atoms with Crippen LogP contribution in [0.3, 0.4) is 0 Å². The third-order valence-corrected chi connectivity index (χ3v) is 2.68. The number of rotatable bonds is 3. The SMILES string of the molecule is CCOC(=O)Cc1ccc(Br)c(C(F)(F)F)c1. The van der Waals surface area contributed by atoms with Crippen LogP contribution in [0.1, 0.15) is 18.1 Å². The first-order valence-corrected chi connectivity index (χ1v) is 5.65. The lowest BCUT2D eigenvalue weighted by Gasteiger charge is -2.10. The van der Waals surface area contributed by atoms with Gasteiger partial charge in [0.05, 0.1) is 18.6 Å². The predicted octanol–water partition coefficient (Wildman–Crippen LogP) is 3.57. The number of alkyl halides is 3. The molecule has 0 radical (unpaired) electrons. The van der Waals surface area contributed by atoms with Crippen LogP contribution in [-0.4, -0.2) is 12.6 Å². The van der Waals surface area contributed by atoms with E-state index in [2.05, 4.69) is 20.7 Å². The minimum atomic E-state index is -4.44. The lowest BCUT2D eigenvalue weighted by molar-refractivity contribution is -0.142. The predicted molar refractivity (Wildman–Crippen MR) is 59.5 cm³/mol. The van der Waals surface area contributed by atoms with Gasteiger partial charge in [0, 0.05) is 4.47 Å². The van der Waals surface area contributed by atoms with Gasteiger partial charge in [0.1, 0.15) is 0 Å². The van der Waals surface area contributed by atoms with Crippen molar-refractivity contribution in [3.8, 4) is 0 Å². The molecule has 17 heavy (non-hydrogen) atoms. The van der Waals surface area contributed by atoms with Gasteiger partial charge in [-0.25, -0.2) is 0 Å². The molecular formula is C11H10BrF3O2. The molecule has 6 heteroatoms. The Labute approximate surface area is 105 Å². The molecule has 0 aliphatic heterocycles. The molecule has 0 saturated carbocycles. The maximum absolute atomic E-state index is 12.6. The van der Waals surface area contributed by atoms with Crippen molar-refractivity contribution in [3.63, 3.8) is 0 Å². The van der Waals surface area contributed by atoms with Crippen molar-refractivity contribution >= 4 is 21.9 Å². The maximum Gasteiger partial charge on any atom is 0.417 e. The standard InChI is InChI=1S/C11H10BrF3O2/c1-2-17-10(16)6-7-3-4-9(12)8(5-7)11(13,14)15/h3-5H,2,6H2,1H3. The molecule has 0 spiro atoms. The molecule has 1 aromatic carbocycles. The molecule has 0 aliphatic rings. The molecule has 1 aromatic rings. The summed E-state index contributed by atoms with van der Waals surface area (Å²) in [6, 6.07) is 3.68. The van der Waals surface area contributed by atoms with Gasteiger partial charge in [-0.15, -0.1) is 0 Å². The first-order chi connectivity index (χ1) is 7.84. The van der Waals surface area contributed by atoms with Gasteiger partial charge in [-0.1, -0.05) is 22.0 Å². The Hall–Kier alpha value is -1.04. The van der Waals surface area contributed by atoms with E-state index in [-0.39, 0.29) is 23.1 Å². The Morgan fingerprint density at radius 3 is 2.59 bits per heavy atom. The van der Waals surface area contributed by atoms with Gasteiger partial charge in [-0.3, -0.25) is 4.79 Å². The third kappa shape index (κ3) is 4.03. The Balaban J connectivity index is 2.93. The smallest absolute Gasteiger partial charge is 0.417 e. The van der Waals surface area contributed by atoms with Crippen molar-refractivity contribution < 1.29 is 22.7 Å². The van der Waals surface area contributed by atoms with Crippen molar-refractivity contribution in [2.75, 3.05) is 6.61 Å². The molecule has 0 heterocycles. The number of esters is 1. The molecule has 94 valence electrons. The zero-order valence-corrected chi connectivity index (χ0v) is 10.6. The second-order valence-electron chi connectivity index (χ2n) is 3.29. The van der Waals surface area contributed by atoms with Crippen LogP contribution < -0.4 is 0 Å².